The summed E-state index contributed by atoms with van der Waals surface area (Å²) in [6.07, 6.45) is 0. The quantitative estimate of drug-likeness (QED) is 0.585. The summed E-state index contributed by atoms with van der Waals surface area (Å²) in [5.74, 6) is 0.999. The van der Waals surface area contributed by atoms with E-state index in [4.69, 9.17) is 4.74 Å². The highest BCUT2D eigenvalue weighted by Crippen LogP contribution is 2.39. The second-order valence-electron chi connectivity index (χ2n) is 7.84. The predicted octanol–water partition coefficient (Wildman–Crippen LogP) is 1.47. The Morgan fingerprint density at radius 2 is 1.77 bits per heavy atom. The molecule has 2 fully saturated rings. The van der Waals surface area contributed by atoms with Gasteiger partial charge < -0.3 is 14.5 Å². The van der Waals surface area contributed by atoms with E-state index in [0.717, 1.165) is 17.0 Å². The van der Waals surface area contributed by atoms with Crippen LogP contribution in [0.15, 0.2) is 48.5 Å². The van der Waals surface area contributed by atoms with Crippen LogP contribution in [0.3, 0.4) is 0 Å². The van der Waals surface area contributed by atoms with Gasteiger partial charge in [-0.25, -0.2) is 10.9 Å². The molecule has 2 aromatic carbocycles. The number of rotatable bonds is 3. The molecule has 30 heavy (non-hydrogen) atoms. The average molecular weight is 409 g/mol. The monoisotopic (exact) mass is 409 g/mol. The number of amides is 1. The molecular formula is C21H23N5O4. The van der Waals surface area contributed by atoms with E-state index in [9.17, 15) is 14.9 Å². The van der Waals surface area contributed by atoms with Crippen molar-refractivity contribution in [3.05, 3.63) is 64.2 Å². The number of benzene rings is 2. The summed E-state index contributed by atoms with van der Waals surface area (Å²) in [5.41, 5.74) is 8.59. The predicted molar refractivity (Wildman–Crippen MR) is 110 cm³/mol. The standard InChI is InChI=1S/C21H23N5O4/c27-21(20-17-13-30-18-4-2-1-3-16(18)19(17)22-23-20)25-11-9-24(10-12-25)14-5-7-15(8-6-14)26(28)29/h1-8,17,19-20,22-23H,9-13H2. The van der Waals surface area contributed by atoms with Crippen LogP contribution in [0.25, 0.3) is 0 Å². The summed E-state index contributed by atoms with van der Waals surface area (Å²) in [4.78, 5) is 27.7. The minimum absolute atomic E-state index is 0.0418. The lowest BCUT2D eigenvalue weighted by Gasteiger charge is -2.38. The van der Waals surface area contributed by atoms with E-state index < -0.39 is 4.92 Å². The number of hydrazine groups is 1. The van der Waals surface area contributed by atoms with Crippen LogP contribution < -0.4 is 20.5 Å². The molecule has 2 N–H and O–H groups in total. The van der Waals surface area contributed by atoms with Crippen LogP contribution in [-0.2, 0) is 4.79 Å². The van der Waals surface area contributed by atoms with Crippen LogP contribution in [0, 0.1) is 16.0 Å². The van der Waals surface area contributed by atoms with Gasteiger partial charge in [-0.3, -0.25) is 14.9 Å². The number of anilines is 1. The highest BCUT2D eigenvalue weighted by Gasteiger charge is 2.46. The van der Waals surface area contributed by atoms with Gasteiger partial charge in [0.2, 0.25) is 5.91 Å². The normalized spacial score (nSPS) is 25.3. The molecule has 0 aliphatic carbocycles. The van der Waals surface area contributed by atoms with Crippen LogP contribution in [0.2, 0.25) is 0 Å². The van der Waals surface area contributed by atoms with Crippen molar-refractivity contribution in [2.24, 2.45) is 5.92 Å². The minimum atomic E-state index is -0.399. The lowest BCUT2D eigenvalue weighted by atomic mass is 9.87. The number of carbonyl (C=O) groups excluding carboxylic acids is 1. The van der Waals surface area contributed by atoms with E-state index in [1.165, 1.54) is 12.1 Å². The third kappa shape index (κ3) is 3.25. The maximum absolute atomic E-state index is 13.2. The molecule has 0 radical (unpaired) electrons. The summed E-state index contributed by atoms with van der Waals surface area (Å²) in [7, 11) is 0. The fourth-order valence-electron chi connectivity index (χ4n) is 4.55. The van der Waals surface area contributed by atoms with Gasteiger partial charge in [-0.2, -0.15) is 0 Å². The van der Waals surface area contributed by atoms with Crippen LogP contribution in [0.1, 0.15) is 11.6 Å². The maximum atomic E-state index is 13.2. The highest BCUT2D eigenvalue weighted by molar-refractivity contribution is 5.83. The number of nitrogens with one attached hydrogen (secondary N) is 2. The van der Waals surface area contributed by atoms with E-state index in [1.807, 2.05) is 29.2 Å². The number of ether oxygens (including phenoxy) is 1. The van der Waals surface area contributed by atoms with Crippen molar-refractivity contribution >= 4 is 17.3 Å². The number of para-hydroxylation sites is 1. The van der Waals surface area contributed by atoms with Crippen molar-refractivity contribution in [1.82, 2.24) is 15.8 Å². The van der Waals surface area contributed by atoms with Gasteiger partial charge in [0, 0.05) is 55.5 Å². The molecule has 9 nitrogen and oxygen atoms in total. The summed E-state index contributed by atoms with van der Waals surface area (Å²) >= 11 is 0. The largest absolute Gasteiger partial charge is 0.493 e. The van der Waals surface area contributed by atoms with E-state index in [0.29, 0.717) is 32.8 Å². The molecule has 0 spiro atoms. The third-order valence-electron chi connectivity index (χ3n) is 6.22. The number of piperazine rings is 1. The number of hydrogen-bond donors (Lipinski definition) is 2. The topological polar surface area (TPSA) is 100.0 Å². The third-order valence-corrected chi connectivity index (χ3v) is 6.22. The van der Waals surface area contributed by atoms with Crippen molar-refractivity contribution in [1.29, 1.82) is 0 Å². The molecule has 5 rings (SSSR count). The maximum Gasteiger partial charge on any atom is 0.269 e. The number of nitro groups is 1. The lowest BCUT2D eigenvalue weighted by Crippen LogP contribution is -2.55. The van der Waals surface area contributed by atoms with Crippen molar-refractivity contribution < 1.29 is 14.5 Å². The summed E-state index contributed by atoms with van der Waals surface area (Å²) in [6.45, 7) is 3.11. The molecule has 3 aliphatic rings. The number of non-ortho nitro benzene ring substituents is 1. The molecule has 9 heteroatoms. The van der Waals surface area contributed by atoms with E-state index in [-0.39, 0.29) is 29.6 Å². The number of carbonyl (C=O) groups is 1. The van der Waals surface area contributed by atoms with Gasteiger partial charge in [0.05, 0.1) is 17.6 Å². The van der Waals surface area contributed by atoms with Gasteiger partial charge in [-0.15, -0.1) is 0 Å². The minimum Gasteiger partial charge on any atom is -0.493 e. The SMILES string of the molecule is O=C(C1NNC2c3ccccc3OCC12)N1CCN(c2ccc([N+](=O)[O-])cc2)CC1. The highest BCUT2D eigenvalue weighted by atomic mass is 16.6. The molecule has 3 aliphatic heterocycles. The Kier molecular flexibility index (Phi) is 4.76. The molecule has 0 aromatic heterocycles. The summed E-state index contributed by atoms with van der Waals surface area (Å²) in [5, 5.41) is 10.8. The number of nitro benzene ring substituents is 1. The van der Waals surface area contributed by atoms with E-state index in [1.54, 1.807) is 12.1 Å². The van der Waals surface area contributed by atoms with Crippen molar-refractivity contribution in [2.75, 3.05) is 37.7 Å². The molecular weight excluding hydrogens is 386 g/mol. The Labute approximate surface area is 173 Å². The average Bonchev–Trinajstić information content (AvgIpc) is 3.23. The second-order valence-corrected chi connectivity index (χ2v) is 7.84. The zero-order chi connectivity index (χ0) is 20.7. The number of fused-ring (bicyclic) bond motifs is 3. The van der Waals surface area contributed by atoms with Gasteiger partial charge in [0.15, 0.2) is 0 Å². The van der Waals surface area contributed by atoms with Crippen LogP contribution in [-0.4, -0.2) is 54.6 Å². The van der Waals surface area contributed by atoms with Crippen molar-refractivity contribution in [2.45, 2.75) is 12.1 Å². The smallest absolute Gasteiger partial charge is 0.269 e. The first-order valence-electron chi connectivity index (χ1n) is 10.1. The molecule has 3 heterocycles. The van der Waals surface area contributed by atoms with Gasteiger partial charge >= 0.3 is 0 Å². The van der Waals surface area contributed by atoms with Crippen molar-refractivity contribution in [3.8, 4) is 5.75 Å². The molecule has 2 saturated heterocycles. The fourth-order valence-corrected chi connectivity index (χ4v) is 4.55. The Hall–Kier alpha value is -3.17. The van der Waals surface area contributed by atoms with Crippen LogP contribution in [0.5, 0.6) is 5.75 Å². The van der Waals surface area contributed by atoms with Gasteiger partial charge in [-0.05, 0) is 18.2 Å². The van der Waals surface area contributed by atoms with Gasteiger partial charge in [-0.1, -0.05) is 18.2 Å². The first-order valence-corrected chi connectivity index (χ1v) is 10.1. The Bertz CT molecular complexity index is 958. The molecule has 3 unspecified atom stereocenters. The zero-order valence-electron chi connectivity index (χ0n) is 16.4. The molecule has 1 amide bonds. The Balaban J connectivity index is 1.22. The van der Waals surface area contributed by atoms with Crippen LogP contribution >= 0.6 is 0 Å². The lowest BCUT2D eigenvalue weighted by molar-refractivity contribution is -0.384. The molecule has 2 aromatic rings. The zero-order valence-corrected chi connectivity index (χ0v) is 16.4. The van der Waals surface area contributed by atoms with Crippen molar-refractivity contribution in [3.63, 3.8) is 0 Å². The first kappa shape index (κ1) is 18.8. The fraction of sp³-hybridized carbons (Fsp3) is 0.381. The van der Waals surface area contributed by atoms with E-state index >= 15 is 0 Å². The summed E-state index contributed by atoms with van der Waals surface area (Å²) < 4.78 is 5.90. The van der Waals surface area contributed by atoms with Gasteiger partial charge in [0.1, 0.15) is 11.8 Å². The second kappa shape index (κ2) is 7.58. The Morgan fingerprint density at radius 3 is 2.50 bits per heavy atom. The van der Waals surface area contributed by atoms with E-state index in [2.05, 4.69) is 15.8 Å². The number of hydrogen-bond acceptors (Lipinski definition) is 7. The summed E-state index contributed by atoms with van der Waals surface area (Å²) in [6, 6.07) is 14.2. The molecule has 156 valence electrons. The Morgan fingerprint density at radius 1 is 1.03 bits per heavy atom. The molecule has 0 bridgehead atoms. The molecule has 0 saturated carbocycles. The number of nitrogens with zero attached hydrogens (tertiary/aromatic N) is 3. The van der Waals surface area contributed by atoms with Crippen LogP contribution in [0.4, 0.5) is 11.4 Å². The molecule has 3 atom stereocenters. The first-order chi connectivity index (χ1) is 14.6. The van der Waals surface area contributed by atoms with Gasteiger partial charge in [0.25, 0.3) is 5.69 Å².